The van der Waals surface area contributed by atoms with Crippen molar-refractivity contribution in [2.75, 3.05) is 18.0 Å². The molecule has 0 saturated heterocycles. The van der Waals surface area contributed by atoms with E-state index in [2.05, 4.69) is 39.6 Å². The van der Waals surface area contributed by atoms with E-state index >= 15 is 0 Å². The summed E-state index contributed by atoms with van der Waals surface area (Å²) in [5, 5.41) is 9.68. The zero-order chi connectivity index (χ0) is 22.8. The van der Waals surface area contributed by atoms with Gasteiger partial charge in [0, 0.05) is 34.8 Å². The van der Waals surface area contributed by atoms with Crippen LogP contribution in [0.15, 0.2) is 90.6 Å². The van der Waals surface area contributed by atoms with Gasteiger partial charge in [0.15, 0.2) is 5.65 Å². The Morgan fingerprint density at radius 3 is 2.44 bits per heavy atom. The Bertz CT molecular complexity index is 1660. The van der Waals surface area contributed by atoms with Gasteiger partial charge in [0.1, 0.15) is 0 Å². The second-order valence-electron chi connectivity index (χ2n) is 8.65. The molecule has 3 N–H and O–H groups in total. The molecule has 7 nitrogen and oxygen atoms in total. The van der Waals surface area contributed by atoms with Crippen LogP contribution in [0.1, 0.15) is 10.4 Å². The number of rotatable bonds is 4. The summed E-state index contributed by atoms with van der Waals surface area (Å²) in [6.07, 6.45) is 5.71. The summed E-state index contributed by atoms with van der Waals surface area (Å²) in [5.74, 6) is -0.438. The van der Waals surface area contributed by atoms with Gasteiger partial charge in [-0.3, -0.25) is 4.79 Å². The SMILES string of the molecule is NC(=O)c1ccc(-c2cnn3cc(-c4ccc(N5CC6=C5CN6)cc4)cnc23)c2ccccc12. The van der Waals surface area contributed by atoms with Crippen LogP contribution in [0.3, 0.4) is 0 Å². The number of primary amides is 1. The van der Waals surface area contributed by atoms with Crippen molar-refractivity contribution in [1.29, 1.82) is 0 Å². The first kappa shape index (κ1) is 18.9. The van der Waals surface area contributed by atoms with E-state index in [1.807, 2.05) is 53.4 Å². The lowest BCUT2D eigenvalue weighted by Gasteiger charge is -2.46. The molecule has 5 aromatic rings. The average Bonchev–Trinajstić information content (AvgIpc) is 3.28. The molecule has 0 spiro atoms. The highest BCUT2D eigenvalue weighted by atomic mass is 16.1. The quantitative estimate of drug-likeness (QED) is 0.438. The highest BCUT2D eigenvalue weighted by Crippen LogP contribution is 2.35. The third-order valence-corrected chi connectivity index (χ3v) is 6.81. The zero-order valence-electron chi connectivity index (χ0n) is 18.2. The number of carbonyl (C=O) groups excluding carboxylic acids is 1. The van der Waals surface area contributed by atoms with Gasteiger partial charge in [-0.05, 0) is 40.1 Å². The summed E-state index contributed by atoms with van der Waals surface area (Å²) < 4.78 is 1.81. The van der Waals surface area contributed by atoms with Gasteiger partial charge in [0.2, 0.25) is 5.91 Å². The van der Waals surface area contributed by atoms with Crippen molar-refractivity contribution in [1.82, 2.24) is 19.9 Å². The summed E-state index contributed by atoms with van der Waals surface area (Å²) in [5.41, 5.74) is 14.8. The number of aromatic nitrogens is 3. The lowest BCUT2D eigenvalue weighted by atomic mass is 9.96. The van der Waals surface area contributed by atoms with E-state index in [4.69, 9.17) is 10.7 Å². The highest BCUT2D eigenvalue weighted by Gasteiger charge is 2.33. The molecule has 3 aromatic carbocycles. The van der Waals surface area contributed by atoms with Gasteiger partial charge in [-0.25, -0.2) is 9.50 Å². The molecule has 0 aliphatic carbocycles. The first-order valence-corrected chi connectivity index (χ1v) is 11.2. The minimum atomic E-state index is -0.438. The van der Waals surface area contributed by atoms with Gasteiger partial charge in [-0.15, -0.1) is 0 Å². The molecule has 7 heteroatoms. The molecule has 0 atom stereocenters. The molecule has 0 radical (unpaired) electrons. The normalized spacial score (nSPS) is 14.5. The third kappa shape index (κ3) is 2.67. The van der Waals surface area contributed by atoms with Gasteiger partial charge in [0.05, 0.1) is 30.7 Å². The molecular formula is C27H20N6O. The van der Waals surface area contributed by atoms with Gasteiger partial charge in [0.25, 0.3) is 0 Å². The average molecular weight is 444 g/mol. The number of amides is 1. The lowest BCUT2D eigenvalue weighted by molar-refractivity contribution is 0.100. The van der Waals surface area contributed by atoms with E-state index in [1.165, 1.54) is 17.1 Å². The van der Waals surface area contributed by atoms with Crippen molar-refractivity contribution in [2.24, 2.45) is 5.73 Å². The number of anilines is 1. The molecule has 2 aliphatic rings. The number of nitrogens with zero attached hydrogens (tertiary/aromatic N) is 4. The summed E-state index contributed by atoms with van der Waals surface area (Å²) in [7, 11) is 0. The fraction of sp³-hybridized carbons (Fsp3) is 0.0741. The molecule has 1 amide bonds. The summed E-state index contributed by atoms with van der Waals surface area (Å²) in [4.78, 5) is 19.0. The molecular weight excluding hydrogens is 424 g/mol. The third-order valence-electron chi connectivity index (χ3n) is 6.81. The second-order valence-corrected chi connectivity index (χ2v) is 8.65. The zero-order valence-corrected chi connectivity index (χ0v) is 18.2. The molecule has 0 unspecified atom stereocenters. The standard InChI is InChI=1S/C27H20N6O/c28-26(34)22-10-9-21(19-3-1-2-4-20(19)22)23-12-31-33-14-17(11-30-27(23)33)16-5-7-18(8-6-16)32-15-24-25(32)13-29-24/h1-12,14,29H,13,15H2,(H2,28,34). The van der Waals surface area contributed by atoms with Crippen LogP contribution >= 0.6 is 0 Å². The van der Waals surface area contributed by atoms with E-state index < -0.39 is 5.91 Å². The van der Waals surface area contributed by atoms with Gasteiger partial charge < -0.3 is 16.0 Å². The lowest BCUT2D eigenvalue weighted by Crippen LogP contribution is -2.53. The molecule has 164 valence electrons. The Hall–Kier alpha value is -4.65. The van der Waals surface area contributed by atoms with Crippen LogP contribution in [0.4, 0.5) is 5.69 Å². The molecule has 7 rings (SSSR count). The van der Waals surface area contributed by atoms with E-state index in [9.17, 15) is 4.79 Å². The Morgan fingerprint density at radius 2 is 1.74 bits per heavy atom. The fourth-order valence-corrected chi connectivity index (χ4v) is 4.90. The van der Waals surface area contributed by atoms with Crippen LogP contribution in [0.5, 0.6) is 0 Å². The maximum absolute atomic E-state index is 11.9. The Kier molecular flexibility index (Phi) is 3.84. The van der Waals surface area contributed by atoms with Crippen molar-refractivity contribution in [2.45, 2.75) is 0 Å². The monoisotopic (exact) mass is 444 g/mol. The molecule has 0 saturated carbocycles. The van der Waals surface area contributed by atoms with Crippen molar-refractivity contribution < 1.29 is 4.79 Å². The number of nitrogens with one attached hydrogen (secondary N) is 1. The highest BCUT2D eigenvalue weighted by molar-refractivity contribution is 6.11. The van der Waals surface area contributed by atoms with Crippen LogP contribution in [0.2, 0.25) is 0 Å². The smallest absolute Gasteiger partial charge is 0.249 e. The molecule has 0 bridgehead atoms. The van der Waals surface area contributed by atoms with Crippen LogP contribution in [0, 0.1) is 0 Å². The summed E-state index contributed by atoms with van der Waals surface area (Å²) in [6, 6.07) is 20.0. The Balaban J connectivity index is 1.26. The van der Waals surface area contributed by atoms with Crippen LogP contribution in [0.25, 0.3) is 38.7 Å². The number of carbonyl (C=O) groups is 1. The number of nitrogens with two attached hydrogens (primary N) is 1. The van der Waals surface area contributed by atoms with Crippen molar-refractivity contribution in [3.63, 3.8) is 0 Å². The topological polar surface area (TPSA) is 88.5 Å². The first-order valence-electron chi connectivity index (χ1n) is 11.2. The van der Waals surface area contributed by atoms with Gasteiger partial charge in [-0.2, -0.15) is 5.10 Å². The van der Waals surface area contributed by atoms with Gasteiger partial charge >= 0.3 is 0 Å². The number of hydrogen-bond donors (Lipinski definition) is 2. The Morgan fingerprint density at radius 1 is 0.912 bits per heavy atom. The second kappa shape index (κ2) is 6.92. The van der Waals surface area contributed by atoms with Crippen LogP contribution < -0.4 is 16.0 Å². The van der Waals surface area contributed by atoms with E-state index in [0.29, 0.717) is 5.56 Å². The summed E-state index contributed by atoms with van der Waals surface area (Å²) >= 11 is 0. The maximum atomic E-state index is 11.9. The molecule has 2 aromatic heterocycles. The fourth-order valence-electron chi connectivity index (χ4n) is 4.90. The maximum Gasteiger partial charge on any atom is 0.249 e. The minimum absolute atomic E-state index is 0.438. The molecule has 2 aliphatic heterocycles. The minimum Gasteiger partial charge on any atom is -0.380 e. The number of fused-ring (bicyclic) bond motifs is 2. The molecule has 0 fully saturated rings. The largest absolute Gasteiger partial charge is 0.380 e. The first-order chi connectivity index (χ1) is 16.7. The van der Waals surface area contributed by atoms with E-state index in [1.54, 1.807) is 6.07 Å². The number of benzene rings is 3. The Labute approximate surface area is 195 Å². The predicted octanol–water partition coefficient (Wildman–Crippen LogP) is 3.95. The van der Waals surface area contributed by atoms with Crippen LogP contribution in [-0.4, -0.2) is 33.6 Å². The van der Waals surface area contributed by atoms with Gasteiger partial charge in [-0.1, -0.05) is 42.5 Å². The molecule has 34 heavy (non-hydrogen) atoms. The number of piperazine rings is 1. The summed E-state index contributed by atoms with van der Waals surface area (Å²) in [6.45, 7) is 1.92. The van der Waals surface area contributed by atoms with E-state index in [-0.39, 0.29) is 0 Å². The predicted molar refractivity (Wildman–Crippen MR) is 132 cm³/mol. The van der Waals surface area contributed by atoms with Crippen molar-refractivity contribution in [3.05, 3.63) is 96.2 Å². The van der Waals surface area contributed by atoms with Crippen molar-refractivity contribution >= 4 is 28.0 Å². The van der Waals surface area contributed by atoms with E-state index in [0.717, 1.165) is 51.8 Å². The molecule has 4 heterocycles. The van der Waals surface area contributed by atoms with Crippen LogP contribution in [-0.2, 0) is 0 Å². The van der Waals surface area contributed by atoms with Crippen molar-refractivity contribution in [3.8, 4) is 22.3 Å². The number of hydrogen-bond acceptors (Lipinski definition) is 5.